The molecule has 0 saturated heterocycles. The van der Waals surface area contributed by atoms with Gasteiger partial charge in [0.1, 0.15) is 5.75 Å². The van der Waals surface area contributed by atoms with Crippen molar-refractivity contribution in [3.63, 3.8) is 0 Å². The van der Waals surface area contributed by atoms with E-state index in [4.69, 9.17) is 4.74 Å². The highest BCUT2D eigenvalue weighted by Crippen LogP contribution is 2.23. The number of carbonyl (C=O) groups is 2. The van der Waals surface area contributed by atoms with Crippen LogP contribution in [0.25, 0.3) is 0 Å². The summed E-state index contributed by atoms with van der Waals surface area (Å²) in [6, 6.07) is 11.3. The second-order valence-corrected chi connectivity index (χ2v) is 6.25. The molecular formula is C20H21F3N2O3. The number of hydrogen-bond acceptors (Lipinski definition) is 3. The van der Waals surface area contributed by atoms with E-state index in [9.17, 15) is 22.8 Å². The van der Waals surface area contributed by atoms with Crippen molar-refractivity contribution in [1.82, 2.24) is 0 Å². The summed E-state index contributed by atoms with van der Waals surface area (Å²) in [4.78, 5) is 23.0. The van der Waals surface area contributed by atoms with E-state index in [-0.39, 0.29) is 18.0 Å². The lowest BCUT2D eigenvalue weighted by molar-refractivity contribution is -0.167. The van der Waals surface area contributed by atoms with Crippen LogP contribution in [0.2, 0.25) is 0 Å². The Morgan fingerprint density at radius 2 is 1.54 bits per heavy atom. The lowest BCUT2D eigenvalue weighted by Gasteiger charge is -2.12. The normalized spacial score (nSPS) is 11.0. The van der Waals surface area contributed by atoms with Crippen molar-refractivity contribution in [3.8, 4) is 5.75 Å². The molecule has 150 valence electrons. The first-order valence-electron chi connectivity index (χ1n) is 8.64. The average molecular weight is 394 g/mol. The van der Waals surface area contributed by atoms with Crippen LogP contribution < -0.4 is 15.4 Å². The van der Waals surface area contributed by atoms with Crippen molar-refractivity contribution in [2.75, 3.05) is 17.2 Å². The maximum atomic E-state index is 12.3. The topological polar surface area (TPSA) is 67.4 Å². The van der Waals surface area contributed by atoms with Crippen LogP contribution in [0.15, 0.2) is 42.5 Å². The van der Waals surface area contributed by atoms with Crippen LogP contribution in [-0.4, -0.2) is 24.6 Å². The number of hydrogen-bond donors (Lipinski definition) is 2. The second kappa shape index (κ2) is 9.25. The Kier molecular flexibility index (Phi) is 7.03. The minimum absolute atomic E-state index is 0.0570. The van der Waals surface area contributed by atoms with E-state index in [2.05, 4.69) is 5.32 Å². The fourth-order valence-corrected chi connectivity index (χ4v) is 2.53. The molecule has 0 atom stereocenters. The number of carbonyl (C=O) groups excluding carboxylic acids is 2. The third kappa shape index (κ3) is 6.29. The highest BCUT2D eigenvalue weighted by molar-refractivity contribution is 5.96. The van der Waals surface area contributed by atoms with Crippen LogP contribution in [0.5, 0.6) is 5.75 Å². The molecule has 2 N–H and O–H groups in total. The minimum Gasteiger partial charge on any atom is -0.493 e. The number of benzene rings is 2. The zero-order chi connectivity index (χ0) is 20.7. The number of aryl methyl sites for hydroxylation is 2. The van der Waals surface area contributed by atoms with Gasteiger partial charge >= 0.3 is 12.1 Å². The van der Waals surface area contributed by atoms with E-state index in [0.29, 0.717) is 18.7 Å². The third-order valence-electron chi connectivity index (χ3n) is 3.86. The summed E-state index contributed by atoms with van der Waals surface area (Å²) in [6.45, 7) is 4.25. The molecule has 0 unspecified atom stereocenters. The minimum atomic E-state index is -4.98. The summed E-state index contributed by atoms with van der Waals surface area (Å²) in [6.07, 6.45) is -4.32. The largest absolute Gasteiger partial charge is 0.493 e. The molecule has 2 rings (SSSR count). The van der Waals surface area contributed by atoms with Gasteiger partial charge in [-0.2, -0.15) is 13.2 Å². The van der Waals surface area contributed by atoms with Crippen LogP contribution in [0.4, 0.5) is 24.5 Å². The lowest BCUT2D eigenvalue weighted by Crippen LogP contribution is -2.29. The number of halogens is 3. The molecule has 0 saturated carbocycles. The molecular weight excluding hydrogens is 373 g/mol. The highest BCUT2D eigenvalue weighted by atomic mass is 19.4. The lowest BCUT2D eigenvalue weighted by atomic mass is 10.1. The number of ether oxygens (including phenoxy) is 1. The van der Waals surface area contributed by atoms with Crippen molar-refractivity contribution in [1.29, 1.82) is 0 Å². The number of nitrogens with one attached hydrogen (secondary N) is 2. The number of rotatable bonds is 7. The first-order valence-corrected chi connectivity index (χ1v) is 8.64. The Hall–Kier alpha value is -3.03. The van der Waals surface area contributed by atoms with Gasteiger partial charge in [-0.1, -0.05) is 24.3 Å². The van der Waals surface area contributed by atoms with E-state index < -0.39 is 12.1 Å². The molecule has 28 heavy (non-hydrogen) atoms. The summed E-state index contributed by atoms with van der Waals surface area (Å²) in [5.41, 5.74) is 2.27. The van der Waals surface area contributed by atoms with Crippen LogP contribution in [0.3, 0.4) is 0 Å². The van der Waals surface area contributed by atoms with Crippen LogP contribution in [-0.2, 0) is 9.59 Å². The first-order chi connectivity index (χ1) is 13.2. The van der Waals surface area contributed by atoms with Crippen LogP contribution in [0.1, 0.15) is 24.0 Å². The van der Waals surface area contributed by atoms with Crippen molar-refractivity contribution < 1.29 is 27.5 Å². The molecule has 2 aromatic rings. The van der Waals surface area contributed by atoms with Gasteiger partial charge in [0.2, 0.25) is 5.91 Å². The first kappa shape index (κ1) is 21.3. The predicted molar refractivity (Wildman–Crippen MR) is 100 cm³/mol. The van der Waals surface area contributed by atoms with Crippen molar-refractivity contribution >= 4 is 23.2 Å². The van der Waals surface area contributed by atoms with Gasteiger partial charge in [-0.3, -0.25) is 9.59 Å². The molecule has 0 aromatic heterocycles. The summed E-state index contributed by atoms with van der Waals surface area (Å²) in [7, 11) is 0. The van der Waals surface area contributed by atoms with E-state index in [0.717, 1.165) is 16.9 Å². The van der Waals surface area contributed by atoms with Gasteiger partial charge in [-0.25, -0.2) is 0 Å². The van der Waals surface area contributed by atoms with E-state index in [1.807, 2.05) is 32.0 Å². The molecule has 5 nitrogen and oxygen atoms in total. The van der Waals surface area contributed by atoms with Gasteiger partial charge in [0, 0.05) is 17.8 Å². The highest BCUT2D eigenvalue weighted by Gasteiger charge is 2.38. The number of para-hydroxylation sites is 1. The quantitative estimate of drug-likeness (QED) is 0.675. The Morgan fingerprint density at radius 3 is 2.14 bits per heavy atom. The summed E-state index contributed by atoms with van der Waals surface area (Å²) < 4.78 is 42.6. The zero-order valence-electron chi connectivity index (χ0n) is 15.5. The number of amides is 2. The molecule has 0 heterocycles. The number of anilines is 2. The molecule has 2 amide bonds. The maximum Gasteiger partial charge on any atom is 0.471 e. The van der Waals surface area contributed by atoms with Crippen molar-refractivity contribution in [2.45, 2.75) is 32.9 Å². The Labute approximate surface area is 160 Å². The molecule has 0 bridgehead atoms. The SMILES string of the molecule is Cc1cccc(C)c1OCCCC(=O)Nc1cccc(NC(=O)C(F)(F)F)c1. The summed E-state index contributed by atoms with van der Waals surface area (Å²) in [5, 5.41) is 4.33. The van der Waals surface area contributed by atoms with E-state index in [1.165, 1.54) is 24.3 Å². The smallest absolute Gasteiger partial charge is 0.471 e. The van der Waals surface area contributed by atoms with E-state index in [1.54, 1.807) is 5.32 Å². The van der Waals surface area contributed by atoms with Crippen molar-refractivity contribution in [2.24, 2.45) is 0 Å². The molecule has 2 aromatic carbocycles. The molecule has 0 fully saturated rings. The van der Waals surface area contributed by atoms with E-state index >= 15 is 0 Å². The van der Waals surface area contributed by atoms with Crippen molar-refractivity contribution in [3.05, 3.63) is 53.6 Å². The van der Waals surface area contributed by atoms with Gasteiger partial charge in [0.15, 0.2) is 0 Å². The molecule has 8 heteroatoms. The number of alkyl halides is 3. The molecule has 0 aliphatic heterocycles. The molecule has 0 aliphatic rings. The van der Waals surface area contributed by atoms with Crippen LogP contribution >= 0.6 is 0 Å². The fourth-order valence-electron chi connectivity index (χ4n) is 2.53. The predicted octanol–water partition coefficient (Wildman–Crippen LogP) is 4.60. The van der Waals surface area contributed by atoms with Gasteiger partial charge < -0.3 is 15.4 Å². The van der Waals surface area contributed by atoms with Gasteiger partial charge in [-0.05, 0) is 49.6 Å². The summed E-state index contributed by atoms with van der Waals surface area (Å²) >= 11 is 0. The van der Waals surface area contributed by atoms with Gasteiger partial charge in [0.05, 0.1) is 6.61 Å². The standard InChI is InChI=1S/C20H21F3N2O3/c1-13-6-3-7-14(2)18(13)28-11-5-10-17(26)24-15-8-4-9-16(12-15)25-19(27)20(21,22)23/h3-4,6-9,12H,5,10-11H2,1-2H3,(H,24,26)(H,25,27). The Morgan fingerprint density at radius 1 is 0.964 bits per heavy atom. The maximum absolute atomic E-state index is 12.3. The average Bonchev–Trinajstić information content (AvgIpc) is 2.60. The molecule has 0 spiro atoms. The Bertz CT molecular complexity index is 831. The summed E-state index contributed by atoms with van der Waals surface area (Å²) in [5.74, 6) is -1.57. The fraction of sp³-hybridized carbons (Fsp3) is 0.300. The molecule has 0 aliphatic carbocycles. The molecule has 0 radical (unpaired) electrons. The van der Waals surface area contributed by atoms with Gasteiger partial charge in [-0.15, -0.1) is 0 Å². The Balaban J connectivity index is 1.81. The zero-order valence-corrected chi connectivity index (χ0v) is 15.5. The van der Waals surface area contributed by atoms with Crippen LogP contribution in [0, 0.1) is 13.8 Å². The van der Waals surface area contributed by atoms with Gasteiger partial charge in [0.25, 0.3) is 0 Å². The third-order valence-corrected chi connectivity index (χ3v) is 3.86. The monoisotopic (exact) mass is 394 g/mol. The second-order valence-electron chi connectivity index (χ2n) is 6.25.